The van der Waals surface area contributed by atoms with Crippen molar-refractivity contribution >= 4 is 24.1 Å². The number of allylic oxidation sites excluding steroid dienone is 1. The summed E-state index contributed by atoms with van der Waals surface area (Å²) in [5, 5.41) is 5.30. The van der Waals surface area contributed by atoms with Crippen molar-refractivity contribution in [2.45, 2.75) is 52.7 Å². The van der Waals surface area contributed by atoms with E-state index in [4.69, 9.17) is 28.4 Å². The Morgan fingerprint density at radius 3 is 1.54 bits per heavy atom. The van der Waals surface area contributed by atoms with Crippen LogP contribution in [-0.2, 0) is 28.5 Å². The summed E-state index contributed by atoms with van der Waals surface area (Å²) in [6.07, 6.45) is 1.93. The van der Waals surface area contributed by atoms with Gasteiger partial charge in [-0.05, 0) is 37.1 Å². The largest absolute Gasteiger partial charge is 0.490 e. The van der Waals surface area contributed by atoms with Crippen LogP contribution in [-0.4, -0.2) is 75.9 Å². The molecule has 2 rings (SSSR count). The van der Waals surface area contributed by atoms with Crippen LogP contribution in [0, 0.1) is 11.8 Å². The number of carbonyl (C=O) groups excluding carboxylic acids is 4. The number of hydrogen-bond donors (Lipinski definition) is 2. The Balaban J connectivity index is 1.68. The Kier molecular flexibility index (Phi) is 17.8. The summed E-state index contributed by atoms with van der Waals surface area (Å²) in [7, 11) is 0. The molecule has 2 amide bonds. The van der Waals surface area contributed by atoms with Crippen molar-refractivity contribution in [3.63, 3.8) is 0 Å². The second-order valence-corrected chi connectivity index (χ2v) is 10.8. The third kappa shape index (κ3) is 16.9. The number of benzene rings is 2. The van der Waals surface area contributed by atoms with Crippen LogP contribution in [0.2, 0.25) is 0 Å². The van der Waals surface area contributed by atoms with Gasteiger partial charge in [0.05, 0.1) is 11.8 Å². The van der Waals surface area contributed by atoms with E-state index < -0.39 is 36.3 Å². The molecule has 2 unspecified atom stereocenters. The third-order valence-electron chi connectivity index (χ3n) is 6.02. The Morgan fingerprint density at radius 2 is 1.09 bits per heavy atom. The summed E-state index contributed by atoms with van der Waals surface area (Å²) in [6.45, 7) is 7.20. The van der Waals surface area contributed by atoms with E-state index in [0.29, 0.717) is 30.9 Å². The number of alkyl carbamates (subject to hydrolysis) is 2. The molecule has 46 heavy (non-hydrogen) atoms. The van der Waals surface area contributed by atoms with E-state index >= 15 is 0 Å². The van der Waals surface area contributed by atoms with Gasteiger partial charge in [0.25, 0.3) is 0 Å². The minimum Gasteiger partial charge on any atom is -0.490 e. The lowest BCUT2D eigenvalue weighted by Gasteiger charge is -2.19. The van der Waals surface area contributed by atoms with Gasteiger partial charge in [-0.2, -0.15) is 0 Å². The van der Waals surface area contributed by atoms with E-state index in [9.17, 15) is 19.2 Å². The van der Waals surface area contributed by atoms with Crippen molar-refractivity contribution in [1.82, 2.24) is 10.6 Å². The number of nitrogens with one attached hydrogen (secondary N) is 2. The first-order valence-electron chi connectivity index (χ1n) is 15.4. The Morgan fingerprint density at radius 1 is 0.630 bits per heavy atom. The zero-order valence-corrected chi connectivity index (χ0v) is 27.0. The first-order chi connectivity index (χ1) is 22.1. The van der Waals surface area contributed by atoms with Gasteiger partial charge in [0.1, 0.15) is 37.9 Å². The number of hydrogen-bond acceptors (Lipinski definition) is 10. The second-order valence-electron chi connectivity index (χ2n) is 10.8. The van der Waals surface area contributed by atoms with E-state index in [1.807, 2.05) is 42.5 Å². The van der Waals surface area contributed by atoms with E-state index in [0.717, 1.165) is 0 Å². The van der Waals surface area contributed by atoms with Gasteiger partial charge in [-0.3, -0.25) is 9.59 Å². The summed E-state index contributed by atoms with van der Waals surface area (Å²) in [5.74, 6) is -0.216. The highest BCUT2D eigenvalue weighted by Gasteiger charge is 2.20. The summed E-state index contributed by atoms with van der Waals surface area (Å²) in [4.78, 5) is 48.4. The number of amides is 2. The molecule has 0 bridgehead atoms. The van der Waals surface area contributed by atoms with Gasteiger partial charge in [-0.25, -0.2) is 9.59 Å². The van der Waals surface area contributed by atoms with Crippen molar-refractivity contribution in [2.75, 3.05) is 39.5 Å². The van der Waals surface area contributed by atoms with Crippen LogP contribution in [0.15, 0.2) is 72.8 Å². The van der Waals surface area contributed by atoms with Crippen LogP contribution in [0.5, 0.6) is 11.5 Å². The molecule has 0 aliphatic carbocycles. The molecular formula is C34H46N2O10. The predicted octanol–water partition coefficient (Wildman–Crippen LogP) is 5.07. The SMILES string of the molecule is CC(C)C(=O)OCC(COc1ccccc1)OC(=O)NC/C=C/CCCNC(=O)OC(COC(=O)C(C)C)COc1ccccc1. The molecule has 252 valence electrons. The number of rotatable bonds is 20. The summed E-state index contributed by atoms with van der Waals surface area (Å²) < 4.78 is 32.6. The van der Waals surface area contributed by atoms with Crippen LogP contribution < -0.4 is 20.1 Å². The van der Waals surface area contributed by atoms with E-state index in [-0.39, 0.29) is 44.8 Å². The fourth-order valence-corrected chi connectivity index (χ4v) is 3.47. The highest BCUT2D eigenvalue weighted by molar-refractivity contribution is 5.72. The molecule has 0 saturated carbocycles. The molecule has 0 aliphatic heterocycles. The van der Waals surface area contributed by atoms with Gasteiger partial charge in [-0.1, -0.05) is 76.2 Å². The Labute approximate surface area is 270 Å². The first-order valence-corrected chi connectivity index (χ1v) is 15.4. The summed E-state index contributed by atoms with van der Waals surface area (Å²) >= 11 is 0. The fourth-order valence-electron chi connectivity index (χ4n) is 3.47. The lowest BCUT2D eigenvalue weighted by molar-refractivity contribution is -0.151. The molecule has 2 atom stereocenters. The van der Waals surface area contributed by atoms with Crippen LogP contribution in [0.1, 0.15) is 40.5 Å². The van der Waals surface area contributed by atoms with Crippen molar-refractivity contribution < 1.29 is 47.6 Å². The molecule has 0 radical (unpaired) electrons. The van der Waals surface area contributed by atoms with Gasteiger partial charge in [0, 0.05) is 13.1 Å². The van der Waals surface area contributed by atoms with Gasteiger partial charge in [-0.15, -0.1) is 0 Å². The predicted molar refractivity (Wildman–Crippen MR) is 170 cm³/mol. The Hall–Kier alpha value is -4.74. The third-order valence-corrected chi connectivity index (χ3v) is 6.02. The first kappa shape index (κ1) is 37.4. The second kappa shape index (κ2) is 21.9. The number of unbranched alkanes of at least 4 members (excludes halogenated alkanes) is 1. The molecule has 0 saturated heterocycles. The van der Waals surface area contributed by atoms with E-state index in [1.54, 1.807) is 58.0 Å². The van der Waals surface area contributed by atoms with Crippen LogP contribution >= 0.6 is 0 Å². The van der Waals surface area contributed by atoms with Gasteiger partial charge >= 0.3 is 24.1 Å². The van der Waals surface area contributed by atoms with Gasteiger partial charge in [0.2, 0.25) is 0 Å². The number of para-hydroxylation sites is 2. The maximum Gasteiger partial charge on any atom is 0.407 e. The van der Waals surface area contributed by atoms with Gasteiger partial charge < -0.3 is 39.1 Å². The quantitative estimate of drug-likeness (QED) is 0.0868. The lowest BCUT2D eigenvalue weighted by atomic mass is 10.2. The van der Waals surface area contributed by atoms with Crippen molar-refractivity contribution in [3.05, 3.63) is 72.8 Å². The van der Waals surface area contributed by atoms with Crippen molar-refractivity contribution in [3.8, 4) is 11.5 Å². The Bertz CT molecular complexity index is 1200. The summed E-state index contributed by atoms with van der Waals surface area (Å²) in [5.41, 5.74) is 0. The smallest absolute Gasteiger partial charge is 0.407 e. The van der Waals surface area contributed by atoms with Crippen LogP contribution in [0.3, 0.4) is 0 Å². The lowest BCUT2D eigenvalue weighted by Crippen LogP contribution is -2.36. The molecule has 12 nitrogen and oxygen atoms in total. The minimum atomic E-state index is -0.801. The van der Waals surface area contributed by atoms with E-state index in [2.05, 4.69) is 10.6 Å². The monoisotopic (exact) mass is 642 g/mol. The highest BCUT2D eigenvalue weighted by atomic mass is 16.6. The number of esters is 2. The van der Waals surface area contributed by atoms with Gasteiger partial charge in [0.15, 0.2) is 12.2 Å². The van der Waals surface area contributed by atoms with E-state index in [1.165, 1.54) is 0 Å². The van der Waals surface area contributed by atoms with Crippen LogP contribution in [0.4, 0.5) is 9.59 Å². The molecular weight excluding hydrogens is 596 g/mol. The highest BCUT2D eigenvalue weighted by Crippen LogP contribution is 2.11. The molecule has 12 heteroatoms. The molecule has 2 aromatic rings. The minimum absolute atomic E-state index is 0.0119. The maximum absolute atomic E-state index is 12.3. The molecule has 0 aromatic heterocycles. The summed E-state index contributed by atoms with van der Waals surface area (Å²) in [6, 6.07) is 18.1. The zero-order chi connectivity index (χ0) is 33.6. The molecule has 2 aromatic carbocycles. The maximum atomic E-state index is 12.3. The van der Waals surface area contributed by atoms with Crippen molar-refractivity contribution in [1.29, 1.82) is 0 Å². The number of ether oxygens (including phenoxy) is 6. The molecule has 0 heterocycles. The molecule has 0 fully saturated rings. The van der Waals surface area contributed by atoms with Crippen LogP contribution in [0.25, 0.3) is 0 Å². The van der Waals surface area contributed by atoms with Crippen molar-refractivity contribution in [2.24, 2.45) is 11.8 Å². The zero-order valence-electron chi connectivity index (χ0n) is 27.0. The molecule has 2 N–H and O–H groups in total. The normalized spacial score (nSPS) is 12.2. The average Bonchev–Trinajstić information content (AvgIpc) is 3.05. The standard InChI is InChI=1S/C34H46N2O10/c1-25(2)31(37)43-23-29(21-41-27-15-9-7-10-16-27)45-33(39)35-19-13-5-6-14-20-36-34(40)46-30(24-44-32(38)26(3)4)22-42-28-17-11-8-12-18-28/h5,7-13,15-18,25-26,29-30H,6,14,19-24H2,1-4H3,(H,35,39)(H,36,40)/b13-5+. The number of carbonyl (C=O) groups is 4. The molecule has 0 spiro atoms. The average molecular weight is 643 g/mol. The fraction of sp³-hybridized carbons (Fsp3) is 0.471. The molecule has 0 aliphatic rings. The topological polar surface area (TPSA) is 148 Å².